The lowest BCUT2D eigenvalue weighted by Gasteiger charge is -2.53. The molecule has 0 unspecified atom stereocenters. The molecule has 2 bridgehead atoms. The number of fused-ring (bicyclic) bond motifs is 4. The quantitative estimate of drug-likeness (QED) is 0.338. The van der Waals surface area contributed by atoms with E-state index in [-0.39, 0.29) is 30.4 Å². The highest BCUT2D eigenvalue weighted by Gasteiger charge is 2.49. The van der Waals surface area contributed by atoms with Crippen LogP contribution in [0.4, 0.5) is 5.69 Å². The number of hydrogen-bond acceptors (Lipinski definition) is 10. The third kappa shape index (κ3) is 9.43. The lowest BCUT2D eigenvalue weighted by molar-refractivity contribution is -0.121. The maximum atomic E-state index is 14.1. The second kappa shape index (κ2) is 18.5. The Kier molecular flexibility index (Phi) is 13.7. The highest BCUT2D eigenvalue weighted by Crippen LogP contribution is 2.47. The number of nitrogens with zero attached hydrogens (tertiary/aromatic N) is 3. The van der Waals surface area contributed by atoms with Crippen LogP contribution in [0, 0.1) is 17.8 Å². The lowest BCUT2D eigenvalue weighted by atomic mass is 9.63. The summed E-state index contributed by atoms with van der Waals surface area (Å²) in [5, 5.41) is -0.124. The van der Waals surface area contributed by atoms with E-state index in [4.69, 9.17) is 30.5 Å². The van der Waals surface area contributed by atoms with Crippen molar-refractivity contribution < 1.29 is 32.2 Å². The van der Waals surface area contributed by atoms with Gasteiger partial charge in [0.1, 0.15) is 18.0 Å². The van der Waals surface area contributed by atoms with Gasteiger partial charge in [0.15, 0.2) is 0 Å². The summed E-state index contributed by atoms with van der Waals surface area (Å²) in [4.78, 5) is 21.4. The van der Waals surface area contributed by atoms with Crippen LogP contribution >= 0.6 is 11.6 Å². The zero-order valence-corrected chi connectivity index (χ0v) is 35.0. The average molecular weight is 814 g/mol. The van der Waals surface area contributed by atoms with Gasteiger partial charge in [-0.1, -0.05) is 36.7 Å². The van der Waals surface area contributed by atoms with Gasteiger partial charge in [0, 0.05) is 82.8 Å². The smallest absolute Gasteiger partial charge is 0.264 e. The third-order valence-corrected chi connectivity index (χ3v) is 15.1. The number of allylic oxidation sites excluding steroid dienone is 1. The largest absolute Gasteiger partial charge is 0.487 e. The molecule has 1 saturated carbocycles. The number of halogens is 1. The van der Waals surface area contributed by atoms with E-state index in [1.807, 2.05) is 37.3 Å². The van der Waals surface area contributed by atoms with Crippen molar-refractivity contribution in [2.45, 2.75) is 82.3 Å². The van der Waals surface area contributed by atoms with Gasteiger partial charge in [-0.15, -0.1) is 0 Å². The van der Waals surface area contributed by atoms with Crippen LogP contribution in [-0.2, 0) is 37.3 Å². The maximum absolute atomic E-state index is 14.1. The minimum absolute atomic E-state index is 0.246. The van der Waals surface area contributed by atoms with Gasteiger partial charge in [-0.2, -0.15) is 0 Å². The summed E-state index contributed by atoms with van der Waals surface area (Å²) < 4.78 is 55.5. The Balaban J connectivity index is 1.28. The van der Waals surface area contributed by atoms with Crippen LogP contribution in [0.5, 0.6) is 5.75 Å². The van der Waals surface area contributed by atoms with Crippen molar-refractivity contribution in [1.82, 2.24) is 14.5 Å². The predicted octanol–water partition coefficient (Wildman–Crippen LogP) is 5.94. The number of hydrogen-bond donors (Lipinski definition) is 1. The first kappa shape index (κ1) is 41.4. The van der Waals surface area contributed by atoms with Crippen molar-refractivity contribution in [2.75, 3.05) is 84.3 Å². The van der Waals surface area contributed by atoms with Gasteiger partial charge in [0.25, 0.3) is 5.91 Å². The molecular weight excluding hydrogens is 752 g/mol. The molecule has 11 nitrogen and oxygen atoms in total. The minimum atomic E-state index is -4.08. The molecule has 2 saturated heterocycles. The number of methoxy groups -OCH3 is 1. The number of ether oxygens (including phenoxy) is 4. The molecule has 2 aromatic carbocycles. The summed E-state index contributed by atoms with van der Waals surface area (Å²) in [6, 6.07) is 11.7. The van der Waals surface area contributed by atoms with E-state index >= 15 is 0 Å². The first-order valence-corrected chi connectivity index (χ1v) is 22.7. The van der Waals surface area contributed by atoms with Crippen molar-refractivity contribution in [3.05, 3.63) is 70.3 Å². The van der Waals surface area contributed by atoms with Gasteiger partial charge >= 0.3 is 0 Å². The summed E-state index contributed by atoms with van der Waals surface area (Å²) in [5.41, 5.74) is 2.80. The van der Waals surface area contributed by atoms with Crippen LogP contribution in [0.2, 0.25) is 5.02 Å². The summed E-state index contributed by atoms with van der Waals surface area (Å²) in [6.45, 7) is 13.0. The summed E-state index contributed by atoms with van der Waals surface area (Å²) in [5.74, 6) is 0.320. The van der Waals surface area contributed by atoms with Crippen molar-refractivity contribution in [3.8, 4) is 5.75 Å². The predicted molar refractivity (Wildman–Crippen MR) is 220 cm³/mol. The van der Waals surface area contributed by atoms with Crippen LogP contribution in [0.1, 0.15) is 73.9 Å². The van der Waals surface area contributed by atoms with E-state index in [1.165, 1.54) is 5.56 Å². The van der Waals surface area contributed by atoms with E-state index in [9.17, 15) is 13.2 Å². The van der Waals surface area contributed by atoms with Gasteiger partial charge in [0.05, 0.1) is 24.2 Å². The zero-order valence-electron chi connectivity index (χ0n) is 33.4. The van der Waals surface area contributed by atoms with Crippen LogP contribution in [0.15, 0.2) is 48.6 Å². The number of amides is 1. The van der Waals surface area contributed by atoms with Crippen LogP contribution in [0.25, 0.3) is 0 Å². The Hall–Kier alpha value is -2.71. The molecule has 7 rings (SSSR count). The van der Waals surface area contributed by atoms with E-state index < -0.39 is 26.8 Å². The number of morpholine rings is 1. The van der Waals surface area contributed by atoms with Crippen molar-refractivity contribution in [3.63, 3.8) is 0 Å². The highest BCUT2D eigenvalue weighted by atomic mass is 35.5. The summed E-state index contributed by atoms with van der Waals surface area (Å²) >= 11 is 6.43. The fourth-order valence-corrected chi connectivity index (χ4v) is 11.6. The van der Waals surface area contributed by atoms with Gasteiger partial charge in [-0.25, -0.2) is 13.1 Å². The lowest BCUT2D eigenvalue weighted by Crippen LogP contribution is -2.62. The van der Waals surface area contributed by atoms with E-state index in [0.717, 1.165) is 102 Å². The number of nitrogens with one attached hydrogen (secondary N) is 1. The number of sulfonamides is 1. The number of piperazine rings is 1. The molecule has 6 atom stereocenters. The molecule has 4 aliphatic heterocycles. The van der Waals surface area contributed by atoms with E-state index in [2.05, 4.69) is 38.5 Å². The second-order valence-corrected chi connectivity index (χ2v) is 18.9. The highest BCUT2D eigenvalue weighted by molar-refractivity contribution is 7.90. The number of benzene rings is 2. The number of carbonyl (C=O) groups is 1. The minimum Gasteiger partial charge on any atom is -0.487 e. The third-order valence-electron chi connectivity index (χ3n) is 12.9. The van der Waals surface area contributed by atoms with Gasteiger partial charge < -0.3 is 23.8 Å². The zero-order chi connectivity index (χ0) is 39.3. The van der Waals surface area contributed by atoms with Crippen LogP contribution < -0.4 is 14.4 Å². The van der Waals surface area contributed by atoms with Crippen LogP contribution in [-0.4, -0.2) is 120 Å². The van der Waals surface area contributed by atoms with Crippen LogP contribution in [0.3, 0.4) is 0 Å². The number of anilines is 1. The normalized spacial score (nSPS) is 31.0. The molecule has 0 radical (unpaired) electrons. The fourth-order valence-electron chi connectivity index (χ4n) is 9.74. The molecule has 13 heteroatoms. The first-order valence-electron chi connectivity index (χ1n) is 20.8. The second-order valence-electron chi connectivity index (χ2n) is 16.5. The molecular formula is C43H61ClN4O7S. The molecule has 0 spiro atoms. The fraction of sp³-hybridized carbons (Fsp3) is 0.651. The molecule has 308 valence electrons. The van der Waals surface area contributed by atoms with Gasteiger partial charge in [-0.3, -0.25) is 14.6 Å². The van der Waals surface area contributed by atoms with Crippen molar-refractivity contribution >= 4 is 33.2 Å². The summed E-state index contributed by atoms with van der Waals surface area (Å²) in [7, 11) is -2.51. The van der Waals surface area contributed by atoms with Crippen molar-refractivity contribution in [1.29, 1.82) is 0 Å². The Morgan fingerprint density at radius 3 is 2.71 bits per heavy atom. The first-order chi connectivity index (χ1) is 27.1. The molecule has 5 aliphatic rings. The molecule has 0 aromatic heterocycles. The van der Waals surface area contributed by atoms with Gasteiger partial charge in [-0.05, 0) is 111 Å². The number of aryl methyl sites for hydroxylation is 1. The SMILES string of the molecule is CCO[C@]1(CN2CCN3CCOC[C@@H]3C2)/C=C/C[C@H](C)[C@@H](CCOC)S(=O)(=O)NC(=O)c2ccc3c(c2)N(CCCCc2cc(Cl)ccc2CO3)C[C@@H]2CC[C@H]21. The molecule has 4 heterocycles. The molecule has 1 aliphatic carbocycles. The maximum Gasteiger partial charge on any atom is 0.264 e. The standard InChI is InChI=1S/C43H61ClN4O7S/c1-4-55-43(30-46-19-20-47-21-23-53-29-37(47)27-46)17-7-8-31(2)41(16-22-52-3)56(50,51)45-42(49)33-12-15-40-39(25-33)48(26-34-11-14-38(34)43)18-6-5-9-32-24-36(44)13-10-35(32)28-54-40/h7,10,12-13,15,17,24-25,31,34,37-38,41H,4-6,8-9,11,14,16,18-23,26-30H2,1-3H3,(H,45,49)/b17-7+/t31-,34-,37-,38+,41+,43-/m0/s1. The number of carbonyl (C=O) groups excluding carboxylic acids is 1. The molecule has 1 N–H and O–H groups in total. The Morgan fingerprint density at radius 2 is 1.91 bits per heavy atom. The topological polar surface area (TPSA) is 110 Å². The van der Waals surface area contributed by atoms with Crippen molar-refractivity contribution in [2.24, 2.45) is 17.8 Å². The molecule has 3 fully saturated rings. The average Bonchev–Trinajstić information content (AvgIpc) is 3.19. The Morgan fingerprint density at radius 1 is 1.04 bits per heavy atom. The van der Waals surface area contributed by atoms with Gasteiger partial charge in [0.2, 0.25) is 10.0 Å². The Bertz CT molecular complexity index is 1810. The molecule has 2 aromatic rings. The molecule has 56 heavy (non-hydrogen) atoms. The number of rotatable bonds is 7. The van der Waals surface area contributed by atoms with E-state index in [0.29, 0.717) is 42.4 Å². The van der Waals surface area contributed by atoms with E-state index in [1.54, 1.807) is 13.2 Å². The molecule has 1 amide bonds. The monoisotopic (exact) mass is 812 g/mol. The Labute approximate surface area is 339 Å². The summed E-state index contributed by atoms with van der Waals surface area (Å²) in [6.07, 6.45) is 10.1.